The summed E-state index contributed by atoms with van der Waals surface area (Å²) >= 11 is 0.848. The second-order valence-corrected chi connectivity index (χ2v) is 5.43. The molecule has 0 spiro atoms. The Balaban J connectivity index is 1.88. The van der Waals surface area contributed by atoms with E-state index in [9.17, 15) is 9.59 Å². The van der Waals surface area contributed by atoms with E-state index >= 15 is 0 Å². The first kappa shape index (κ1) is 13.7. The molecule has 0 saturated carbocycles. The fraction of sp³-hybridized carbons (Fsp3) is 0.0667. The molecule has 0 atom stereocenters. The fourth-order valence-electron chi connectivity index (χ4n) is 1.96. The van der Waals surface area contributed by atoms with Crippen molar-refractivity contribution in [1.82, 2.24) is 5.32 Å². The number of hydrogen-bond acceptors (Lipinski definition) is 5. The smallest absolute Gasteiger partial charge is 0.290 e. The predicted octanol–water partition coefficient (Wildman–Crippen LogP) is 2.76. The lowest BCUT2D eigenvalue weighted by molar-refractivity contribution is -0.115. The van der Waals surface area contributed by atoms with Gasteiger partial charge in [0.1, 0.15) is 11.5 Å². The molecule has 2 amide bonds. The minimum Gasteiger partial charge on any atom is -0.457 e. The number of carbonyl (C=O) groups is 2. The Morgan fingerprint density at radius 3 is 2.81 bits per heavy atom. The maximum Gasteiger partial charge on any atom is 0.290 e. The minimum absolute atomic E-state index is 0.0373. The largest absolute Gasteiger partial charge is 0.457 e. The van der Waals surface area contributed by atoms with E-state index in [4.69, 9.17) is 9.52 Å². The molecule has 1 saturated heterocycles. The Hall–Kier alpha value is -2.31. The van der Waals surface area contributed by atoms with Crippen molar-refractivity contribution in [2.45, 2.75) is 6.61 Å². The van der Waals surface area contributed by atoms with Crippen LogP contribution in [0.3, 0.4) is 0 Å². The van der Waals surface area contributed by atoms with Crippen molar-refractivity contribution >= 4 is 29.0 Å². The number of aliphatic hydroxyl groups excluding tert-OH is 1. The van der Waals surface area contributed by atoms with Gasteiger partial charge in [0, 0.05) is 11.6 Å². The molecule has 3 rings (SSSR count). The van der Waals surface area contributed by atoms with Crippen LogP contribution < -0.4 is 5.32 Å². The maximum atomic E-state index is 11.5. The molecule has 2 aromatic rings. The molecule has 2 N–H and O–H groups in total. The third kappa shape index (κ3) is 2.91. The first-order valence-electron chi connectivity index (χ1n) is 6.20. The predicted molar refractivity (Wildman–Crippen MR) is 79.2 cm³/mol. The van der Waals surface area contributed by atoms with Gasteiger partial charge < -0.3 is 9.52 Å². The van der Waals surface area contributed by atoms with E-state index < -0.39 is 5.91 Å². The van der Waals surface area contributed by atoms with Crippen molar-refractivity contribution in [3.8, 4) is 11.3 Å². The molecule has 1 fully saturated rings. The van der Waals surface area contributed by atoms with Crippen LogP contribution in [0.15, 0.2) is 45.7 Å². The lowest BCUT2D eigenvalue weighted by Crippen LogP contribution is -2.17. The minimum atomic E-state index is -0.412. The second-order valence-electron chi connectivity index (χ2n) is 4.41. The summed E-state index contributed by atoms with van der Waals surface area (Å²) in [5.41, 5.74) is 1.63. The number of thioether (sulfide) groups is 1. The number of amides is 2. The third-order valence-electron chi connectivity index (χ3n) is 2.94. The molecular formula is C15H11NO4S. The van der Waals surface area contributed by atoms with Crippen molar-refractivity contribution in [2.24, 2.45) is 0 Å². The first-order valence-corrected chi connectivity index (χ1v) is 7.02. The summed E-state index contributed by atoms with van der Waals surface area (Å²) in [4.78, 5) is 22.9. The second kappa shape index (κ2) is 5.59. The van der Waals surface area contributed by atoms with Gasteiger partial charge in [-0.25, -0.2) is 0 Å². The zero-order chi connectivity index (χ0) is 14.8. The SMILES string of the molecule is O=C1NC(=O)C(=Cc2ccc(-c3cccc(CO)c3)o2)S1. The number of rotatable bonds is 3. The van der Waals surface area contributed by atoms with Crippen molar-refractivity contribution < 1.29 is 19.1 Å². The Labute approximate surface area is 124 Å². The third-order valence-corrected chi connectivity index (χ3v) is 3.75. The van der Waals surface area contributed by atoms with E-state index in [0.717, 1.165) is 22.9 Å². The van der Waals surface area contributed by atoms with E-state index in [2.05, 4.69) is 5.32 Å². The normalized spacial score (nSPS) is 16.5. The van der Waals surface area contributed by atoms with Crippen LogP contribution in [-0.4, -0.2) is 16.3 Å². The highest BCUT2D eigenvalue weighted by Gasteiger charge is 2.25. The van der Waals surface area contributed by atoms with E-state index in [1.807, 2.05) is 24.3 Å². The fourth-order valence-corrected chi connectivity index (χ4v) is 2.62. The molecule has 1 aliphatic rings. The van der Waals surface area contributed by atoms with Crippen molar-refractivity contribution in [3.63, 3.8) is 0 Å². The molecule has 0 unspecified atom stereocenters. The summed E-state index contributed by atoms with van der Waals surface area (Å²) < 4.78 is 5.65. The van der Waals surface area contributed by atoms with Crippen LogP contribution in [0.1, 0.15) is 11.3 Å². The first-order chi connectivity index (χ1) is 10.2. The monoisotopic (exact) mass is 301 g/mol. The van der Waals surface area contributed by atoms with Crippen LogP contribution in [0.5, 0.6) is 0 Å². The van der Waals surface area contributed by atoms with E-state index in [1.165, 1.54) is 6.08 Å². The van der Waals surface area contributed by atoms with Gasteiger partial charge in [-0.1, -0.05) is 18.2 Å². The Morgan fingerprint density at radius 1 is 1.24 bits per heavy atom. The summed E-state index contributed by atoms with van der Waals surface area (Å²) in [6.07, 6.45) is 1.53. The molecule has 106 valence electrons. The molecule has 6 heteroatoms. The van der Waals surface area contributed by atoms with E-state index in [-0.39, 0.29) is 11.8 Å². The number of hydrogen-bond donors (Lipinski definition) is 2. The summed E-state index contributed by atoms with van der Waals surface area (Å²) in [6, 6.07) is 10.9. The molecule has 5 nitrogen and oxygen atoms in total. The average molecular weight is 301 g/mol. The quantitative estimate of drug-likeness (QED) is 0.852. The number of nitrogens with one attached hydrogen (secondary N) is 1. The van der Waals surface area contributed by atoms with Crippen LogP contribution >= 0.6 is 11.8 Å². The number of furan rings is 1. The molecule has 0 radical (unpaired) electrons. The molecule has 0 bridgehead atoms. The summed E-state index contributed by atoms with van der Waals surface area (Å²) in [7, 11) is 0. The Bertz CT molecular complexity index is 748. The van der Waals surface area contributed by atoms with Crippen molar-refractivity contribution in [2.75, 3.05) is 0 Å². The van der Waals surface area contributed by atoms with Gasteiger partial charge >= 0.3 is 0 Å². The maximum absolute atomic E-state index is 11.5. The molecule has 21 heavy (non-hydrogen) atoms. The van der Waals surface area contributed by atoms with Gasteiger partial charge in [0.15, 0.2) is 0 Å². The van der Waals surface area contributed by atoms with Gasteiger partial charge in [0.2, 0.25) is 0 Å². The van der Waals surface area contributed by atoms with E-state index in [1.54, 1.807) is 12.1 Å². The highest BCUT2D eigenvalue weighted by molar-refractivity contribution is 8.18. The molecular weight excluding hydrogens is 290 g/mol. The standard InChI is InChI=1S/C15H11NO4S/c17-8-9-2-1-3-10(6-9)12-5-4-11(20-12)7-13-14(18)16-15(19)21-13/h1-7,17H,8H2,(H,16,18,19). The molecule has 1 aliphatic heterocycles. The zero-order valence-electron chi connectivity index (χ0n) is 10.8. The topological polar surface area (TPSA) is 79.5 Å². The van der Waals surface area contributed by atoms with Crippen LogP contribution in [0, 0.1) is 0 Å². The van der Waals surface area contributed by atoms with E-state index in [0.29, 0.717) is 16.4 Å². The van der Waals surface area contributed by atoms with Gasteiger partial charge in [0.25, 0.3) is 11.1 Å². The highest BCUT2D eigenvalue weighted by atomic mass is 32.2. The summed E-state index contributed by atoms with van der Waals surface area (Å²) in [6.45, 7) is -0.0373. The molecule has 1 aromatic heterocycles. The number of carbonyl (C=O) groups excluding carboxylic acids is 2. The van der Waals surface area contributed by atoms with Gasteiger partial charge in [-0.05, 0) is 35.5 Å². The lowest BCUT2D eigenvalue weighted by atomic mass is 10.1. The van der Waals surface area contributed by atoms with Gasteiger partial charge in [0.05, 0.1) is 11.5 Å². The van der Waals surface area contributed by atoms with Crippen LogP contribution in [0.2, 0.25) is 0 Å². The molecule has 2 heterocycles. The zero-order valence-corrected chi connectivity index (χ0v) is 11.6. The van der Waals surface area contributed by atoms with Crippen LogP contribution in [0.4, 0.5) is 4.79 Å². The highest BCUT2D eigenvalue weighted by Crippen LogP contribution is 2.28. The number of aliphatic hydroxyl groups is 1. The average Bonchev–Trinajstić information content (AvgIpc) is 3.06. The van der Waals surface area contributed by atoms with Gasteiger partial charge in [-0.15, -0.1) is 0 Å². The Kier molecular flexibility index (Phi) is 3.64. The summed E-state index contributed by atoms with van der Waals surface area (Å²) in [5.74, 6) is 0.712. The molecule has 0 aliphatic carbocycles. The number of benzene rings is 1. The van der Waals surface area contributed by atoms with Gasteiger partial charge in [-0.2, -0.15) is 0 Å². The number of imide groups is 1. The Morgan fingerprint density at radius 2 is 2.10 bits per heavy atom. The van der Waals surface area contributed by atoms with Crippen molar-refractivity contribution in [3.05, 3.63) is 52.6 Å². The van der Waals surface area contributed by atoms with Crippen molar-refractivity contribution in [1.29, 1.82) is 0 Å². The molecule has 1 aromatic carbocycles. The van der Waals surface area contributed by atoms with Gasteiger partial charge in [-0.3, -0.25) is 14.9 Å². The summed E-state index contributed by atoms with van der Waals surface area (Å²) in [5, 5.41) is 10.9. The van der Waals surface area contributed by atoms with Crippen LogP contribution in [-0.2, 0) is 11.4 Å². The van der Waals surface area contributed by atoms with Crippen LogP contribution in [0.25, 0.3) is 17.4 Å². The lowest BCUT2D eigenvalue weighted by Gasteiger charge is -2.00.